The van der Waals surface area contributed by atoms with Crippen LogP contribution in [0.3, 0.4) is 0 Å². The maximum Gasteiger partial charge on any atom is 0.269 e. The molecule has 0 atom stereocenters. The van der Waals surface area contributed by atoms with Crippen LogP contribution in [-0.2, 0) is 4.79 Å². The van der Waals surface area contributed by atoms with Gasteiger partial charge in [-0.1, -0.05) is 0 Å². The van der Waals surface area contributed by atoms with Gasteiger partial charge in [-0.25, -0.2) is 4.98 Å². The smallest absolute Gasteiger partial charge is 0.269 e. The molecule has 5 rings (SSSR count). The summed E-state index contributed by atoms with van der Waals surface area (Å²) in [5, 5.41) is 2.60. The zero-order valence-electron chi connectivity index (χ0n) is 22.9. The predicted molar refractivity (Wildman–Crippen MR) is 153 cm³/mol. The Labute approximate surface area is 233 Å². The Morgan fingerprint density at radius 2 is 1.80 bits per heavy atom. The molecule has 10 nitrogen and oxygen atoms in total. The topological polar surface area (TPSA) is 110 Å². The van der Waals surface area contributed by atoms with Crippen LogP contribution in [-0.4, -0.2) is 79.0 Å². The van der Waals surface area contributed by atoms with Gasteiger partial charge in [0.25, 0.3) is 5.91 Å². The average molecular weight is 541 g/mol. The molecule has 0 radical (unpaired) electrons. The van der Waals surface area contributed by atoms with Crippen LogP contribution in [0.15, 0.2) is 60.9 Å². The number of Topliss-reactive ketones (excluding diaryl/α,β-unsaturated/α-hetero) is 1. The van der Waals surface area contributed by atoms with Gasteiger partial charge in [0.15, 0.2) is 0 Å². The largest absolute Gasteiger partial charge is 0.497 e. The number of ketones is 1. The molecule has 4 aromatic rings. The number of aromatic nitrogens is 3. The molecule has 40 heavy (non-hydrogen) atoms. The van der Waals surface area contributed by atoms with E-state index in [2.05, 4.69) is 25.1 Å². The highest BCUT2D eigenvalue weighted by Crippen LogP contribution is 2.34. The lowest BCUT2D eigenvalue weighted by Crippen LogP contribution is -2.40. The van der Waals surface area contributed by atoms with Crippen molar-refractivity contribution in [3.05, 3.63) is 66.6 Å². The minimum absolute atomic E-state index is 0.266. The monoisotopic (exact) mass is 540 g/mol. The Bertz CT molecular complexity index is 1520. The lowest BCUT2D eigenvalue weighted by atomic mass is 10.1. The van der Waals surface area contributed by atoms with Gasteiger partial charge in [0.2, 0.25) is 0 Å². The lowest BCUT2D eigenvalue weighted by Gasteiger charge is -2.31. The van der Waals surface area contributed by atoms with E-state index in [0.29, 0.717) is 54.5 Å². The number of anilines is 2. The summed E-state index contributed by atoms with van der Waals surface area (Å²) >= 11 is 0. The number of ether oxygens (including phenoxy) is 2. The maximum atomic E-state index is 12.1. The lowest BCUT2D eigenvalue weighted by molar-refractivity contribution is -0.122. The van der Waals surface area contributed by atoms with Gasteiger partial charge in [0, 0.05) is 67.9 Å². The van der Waals surface area contributed by atoms with Gasteiger partial charge in [0.05, 0.1) is 43.7 Å². The first kappa shape index (κ1) is 27.0. The van der Waals surface area contributed by atoms with Crippen molar-refractivity contribution in [3.63, 3.8) is 0 Å². The quantitative estimate of drug-likeness (QED) is 0.338. The Kier molecular flexibility index (Phi) is 8.16. The van der Waals surface area contributed by atoms with Crippen LogP contribution in [0, 0.1) is 0 Å². The number of methoxy groups -OCH3 is 2. The van der Waals surface area contributed by atoms with Crippen molar-refractivity contribution in [2.45, 2.75) is 12.8 Å². The highest BCUT2D eigenvalue weighted by molar-refractivity contribution is 5.93. The van der Waals surface area contributed by atoms with Gasteiger partial charge in [-0.05, 0) is 43.3 Å². The van der Waals surface area contributed by atoms with Gasteiger partial charge in [-0.15, -0.1) is 0 Å². The third kappa shape index (κ3) is 6.02. The molecule has 1 saturated heterocycles. The van der Waals surface area contributed by atoms with E-state index in [1.807, 2.05) is 36.4 Å². The molecule has 3 heterocycles. The second kappa shape index (κ2) is 12.1. The van der Waals surface area contributed by atoms with Gasteiger partial charge in [-0.3, -0.25) is 24.5 Å². The molecule has 1 N–H and O–H groups in total. The first-order valence-corrected chi connectivity index (χ1v) is 13.2. The zero-order valence-corrected chi connectivity index (χ0v) is 22.9. The average Bonchev–Trinajstić information content (AvgIpc) is 3.00. The number of nitrogens with one attached hydrogen (secondary N) is 1. The van der Waals surface area contributed by atoms with Crippen molar-refractivity contribution in [2.24, 2.45) is 0 Å². The highest BCUT2D eigenvalue weighted by atomic mass is 16.5. The summed E-state index contributed by atoms with van der Waals surface area (Å²) in [6.07, 6.45) is 4.83. The molecule has 206 valence electrons. The summed E-state index contributed by atoms with van der Waals surface area (Å²) in [5.74, 6) is 1.38. The highest BCUT2D eigenvalue weighted by Gasteiger charge is 2.20. The van der Waals surface area contributed by atoms with Crippen LogP contribution in [0.4, 0.5) is 11.4 Å². The van der Waals surface area contributed by atoms with E-state index in [4.69, 9.17) is 14.5 Å². The normalized spacial score (nSPS) is 13.7. The Morgan fingerprint density at radius 3 is 2.52 bits per heavy atom. The first-order valence-electron chi connectivity index (χ1n) is 13.2. The number of pyridine rings is 1. The number of benzene rings is 2. The predicted octanol–water partition coefficient (Wildman–Crippen LogP) is 3.87. The number of rotatable bonds is 9. The number of likely N-dealkylation sites (tertiary alicyclic amines) is 1. The second-order valence-corrected chi connectivity index (χ2v) is 9.58. The van der Waals surface area contributed by atoms with Crippen molar-refractivity contribution >= 4 is 34.1 Å². The fourth-order valence-corrected chi connectivity index (χ4v) is 4.84. The van der Waals surface area contributed by atoms with E-state index in [1.54, 1.807) is 45.8 Å². The van der Waals surface area contributed by atoms with Crippen LogP contribution in [0.25, 0.3) is 22.3 Å². The number of piperidine rings is 1. The molecule has 1 aliphatic heterocycles. The molecule has 10 heteroatoms. The van der Waals surface area contributed by atoms with E-state index in [0.717, 1.165) is 35.4 Å². The van der Waals surface area contributed by atoms with Gasteiger partial charge >= 0.3 is 0 Å². The van der Waals surface area contributed by atoms with Gasteiger partial charge < -0.3 is 19.7 Å². The van der Waals surface area contributed by atoms with Crippen LogP contribution in [0.5, 0.6) is 11.5 Å². The minimum atomic E-state index is -0.266. The van der Waals surface area contributed by atoms with Crippen LogP contribution in [0.1, 0.15) is 23.3 Å². The zero-order chi connectivity index (χ0) is 28.1. The summed E-state index contributed by atoms with van der Waals surface area (Å²) in [5.41, 5.74) is 4.96. The van der Waals surface area contributed by atoms with E-state index < -0.39 is 0 Å². The number of fused-ring (bicyclic) bond motifs is 1. The fraction of sp³-hybridized carbons (Fsp3) is 0.300. The molecular weight excluding hydrogens is 508 g/mol. The second-order valence-electron chi connectivity index (χ2n) is 9.58. The number of hydrogen-bond donors (Lipinski definition) is 1. The molecular formula is C30H32N6O4. The molecule has 1 aliphatic rings. The van der Waals surface area contributed by atoms with Crippen molar-refractivity contribution in [1.29, 1.82) is 0 Å². The molecule has 1 fully saturated rings. The number of nitrogens with zero attached hydrogens (tertiary/aromatic N) is 5. The maximum absolute atomic E-state index is 12.1. The molecule has 0 spiro atoms. The summed E-state index contributed by atoms with van der Waals surface area (Å²) < 4.78 is 11.1. The summed E-state index contributed by atoms with van der Waals surface area (Å²) in [6.45, 7) is 2.74. The first-order chi connectivity index (χ1) is 19.5. The number of carbonyl (C=O) groups is 2. The summed E-state index contributed by atoms with van der Waals surface area (Å²) in [6, 6.07) is 15.2. The van der Waals surface area contributed by atoms with Crippen molar-refractivity contribution < 1.29 is 19.1 Å². The molecule has 0 unspecified atom stereocenters. The molecule has 0 bridgehead atoms. The third-order valence-electron chi connectivity index (χ3n) is 6.97. The van der Waals surface area contributed by atoms with Crippen LogP contribution in [0.2, 0.25) is 0 Å². The third-order valence-corrected chi connectivity index (χ3v) is 6.97. The van der Waals surface area contributed by atoms with Gasteiger partial charge in [0.1, 0.15) is 23.0 Å². The minimum Gasteiger partial charge on any atom is -0.497 e. The standard InChI is InChI=1S/C30H32N6O4/c1-31-30(38)28-13-20(8-9-32-28)29-18-33-26-7-6-21(16-27(26)34-29)36(12-11-35-10-4-5-23(37)19-35)22-14-24(39-2)17-25(15-22)40-3/h6-9,13-18H,4-5,10-12,19H2,1-3H3,(H,31,38). The van der Waals surface area contributed by atoms with Crippen LogP contribution < -0.4 is 19.7 Å². The number of hydrogen-bond acceptors (Lipinski definition) is 9. The molecule has 1 amide bonds. The van der Waals surface area contributed by atoms with Crippen molar-refractivity contribution in [1.82, 2.24) is 25.2 Å². The van der Waals surface area contributed by atoms with Crippen molar-refractivity contribution in [2.75, 3.05) is 52.3 Å². The molecule has 0 aliphatic carbocycles. The van der Waals surface area contributed by atoms with Crippen molar-refractivity contribution in [3.8, 4) is 22.8 Å². The SMILES string of the molecule is CNC(=O)c1cc(-c2cnc3ccc(N(CCN4CCCC(=O)C4)c4cc(OC)cc(OC)c4)cc3n2)ccn1. The fourth-order valence-electron chi connectivity index (χ4n) is 4.84. The Morgan fingerprint density at radius 1 is 1.00 bits per heavy atom. The number of amides is 1. The van der Waals surface area contributed by atoms with Crippen LogP contribution >= 0.6 is 0 Å². The summed E-state index contributed by atoms with van der Waals surface area (Å²) in [7, 11) is 4.83. The summed E-state index contributed by atoms with van der Waals surface area (Å²) in [4.78, 5) is 42.2. The van der Waals surface area contributed by atoms with E-state index >= 15 is 0 Å². The molecule has 2 aromatic carbocycles. The number of carbonyl (C=O) groups excluding carboxylic acids is 2. The molecule has 2 aromatic heterocycles. The van der Waals surface area contributed by atoms with Gasteiger partial charge in [-0.2, -0.15) is 0 Å². The van der Waals surface area contributed by atoms with E-state index in [9.17, 15) is 9.59 Å². The Balaban J connectivity index is 1.53. The van der Waals surface area contributed by atoms with E-state index in [1.165, 1.54) is 0 Å². The Hall–Kier alpha value is -4.57. The van der Waals surface area contributed by atoms with E-state index in [-0.39, 0.29) is 11.7 Å². The molecule has 0 saturated carbocycles.